The summed E-state index contributed by atoms with van der Waals surface area (Å²) < 4.78 is 10.1. The molecule has 1 aromatic rings. The molecule has 3 amide bonds. The summed E-state index contributed by atoms with van der Waals surface area (Å²) in [5.74, 6) is -0.665. The van der Waals surface area contributed by atoms with Gasteiger partial charge in [-0.05, 0) is 61.2 Å². The number of ether oxygens (including phenoxy) is 2. The van der Waals surface area contributed by atoms with Crippen molar-refractivity contribution < 1.29 is 28.7 Å². The fourth-order valence-electron chi connectivity index (χ4n) is 3.42. The van der Waals surface area contributed by atoms with E-state index >= 15 is 0 Å². The lowest BCUT2D eigenvalue weighted by Gasteiger charge is -2.31. The molecule has 178 valence electrons. The molecular weight excluding hydrogens is 491 g/mol. The molecule has 2 aliphatic rings. The highest BCUT2D eigenvalue weighted by atomic mass is 35.5. The maximum absolute atomic E-state index is 12.8. The van der Waals surface area contributed by atoms with E-state index in [-0.39, 0.29) is 46.4 Å². The minimum absolute atomic E-state index is 0.109. The van der Waals surface area contributed by atoms with Gasteiger partial charge < -0.3 is 14.4 Å². The van der Waals surface area contributed by atoms with Crippen molar-refractivity contribution in [1.29, 1.82) is 0 Å². The first-order valence-corrected chi connectivity index (χ1v) is 12.1. The molecule has 0 atom stereocenters. The van der Waals surface area contributed by atoms with Crippen LogP contribution in [0.3, 0.4) is 0 Å². The first-order chi connectivity index (χ1) is 15.7. The minimum atomic E-state index is -0.559. The molecule has 1 aromatic carbocycles. The molecule has 8 nitrogen and oxygen atoms in total. The summed E-state index contributed by atoms with van der Waals surface area (Å²) in [4.78, 5) is 52.0. The van der Waals surface area contributed by atoms with Gasteiger partial charge in [-0.3, -0.25) is 19.3 Å². The molecule has 0 N–H and O–H groups in total. The average molecular weight is 515 g/mol. The molecule has 0 aromatic heterocycles. The number of halogens is 2. The molecule has 0 spiro atoms. The second-order valence-corrected chi connectivity index (χ2v) is 9.55. The van der Waals surface area contributed by atoms with Gasteiger partial charge in [0.1, 0.15) is 6.54 Å². The summed E-state index contributed by atoms with van der Waals surface area (Å²) in [6, 6.07) is 3.00. The number of likely N-dealkylation sites (tertiary alicyclic amines) is 1. The third kappa shape index (κ3) is 6.43. The Labute approximate surface area is 206 Å². The van der Waals surface area contributed by atoms with Gasteiger partial charge in [0.05, 0.1) is 21.6 Å². The van der Waals surface area contributed by atoms with Crippen LogP contribution in [0.5, 0.6) is 5.75 Å². The van der Waals surface area contributed by atoms with E-state index < -0.39 is 17.1 Å². The van der Waals surface area contributed by atoms with E-state index in [1.807, 2.05) is 0 Å². The normalized spacial score (nSPS) is 18.2. The Bertz CT molecular complexity index is 968. The molecule has 2 fully saturated rings. The van der Waals surface area contributed by atoms with Crippen molar-refractivity contribution in [2.24, 2.45) is 5.92 Å². The van der Waals surface area contributed by atoms with Crippen LogP contribution in [0.2, 0.25) is 10.0 Å². The number of imide groups is 1. The smallest absolute Gasteiger partial charge is 0.344 e. The van der Waals surface area contributed by atoms with Crippen LogP contribution in [0.1, 0.15) is 32.3 Å². The number of carbonyl (C=O) groups excluding carboxylic acids is 4. The van der Waals surface area contributed by atoms with Crippen LogP contribution in [0.15, 0.2) is 17.0 Å². The zero-order valence-electron chi connectivity index (χ0n) is 18.3. The number of carbonyl (C=O) groups is 4. The van der Waals surface area contributed by atoms with Crippen molar-refractivity contribution in [3.63, 3.8) is 0 Å². The molecule has 0 unspecified atom stereocenters. The number of amides is 3. The SMILES string of the molecule is CCOC(=O)COc1c(Cl)cc(/C=C2\SC(=O)N(CC(=O)N3CCC(C)CC3)C2=O)cc1Cl. The standard InChI is InChI=1S/C22H24Cl2N2O6S/c1-3-31-19(28)12-32-20-15(23)8-14(9-16(20)24)10-17-21(29)26(22(30)33-17)11-18(27)25-6-4-13(2)5-7-25/h8-10,13H,3-7,11-12H2,1-2H3/b17-10-. The van der Waals surface area contributed by atoms with E-state index in [0.717, 1.165) is 29.5 Å². The third-order valence-electron chi connectivity index (χ3n) is 5.26. The number of rotatable bonds is 7. The predicted molar refractivity (Wildman–Crippen MR) is 126 cm³/mol. The number of esters is 1. The lowest BCUT2D eigenvalue weighted by molar-refractivity contribution is -0.145. The molecule has 11 heteroatoms. The molecule has 0 saturated carbocycles. The second-order valence-electron chi connectivity index (χ2n) is 7.74. The van der Waals surface area contributed by atoms with Crippen molar-refractivity contribution in [3.8, 4) is 5.75 Å². The highest BCUT2D eigenvalue weighted by Gasteiger charge is 2.37. The van der Waals surface area contributed by atoms with Gasteiger partial charge in [-0.2, -0.15) is 0 Å². The molecule has 2 heterocycles. The maximum atomic E-state index is 12.8. The lowest BCUT2D eigenvalue weighted by atomic mass is 9.99. The summed E-state index contributed by atoms with van der Waals surface area (Å²) in [6.45, 7) is 4.68. The zero-order chi connectivity index (χ0) is 24.1. The lowest BCUT2D eigenvalue weighted by Crippen LogP contribution is -2.45. The summed E-state index contributed by atoms with van der Waals surface area (Å²) in [5.41, 5.74) is 0.468. The number of piperidine rings is 1. The van der Waals surface area contributed by atoms with Crippen molar-refractivity contribution in [3.05, 3.63) is 32.6 Å². The highest BCUT2D eigenvalue weighted by Crippen LogP contribution is 2.37. The van der Waals surface area contributed by atoms with Gasteiger partial charge in [0.15, 0.2) is 12.4 Å². The number of thioether (sulfide) groups is 1. The van der Waals surface area contributed by atoms with E-state index in [2.05, 4.69) is 6.92 Å². The Hall–Kier alpha value is -2.23. The molecule has 0 radical (unpaired) electrons. The monoisotopic (exact) mass is 514 g/mol. The average Bonchev–Trinajstić information content (AvgIpc) is 3.01. The van der Waals surface area contributed by atoms with Gasteiger partial charge in [-0.15, -0.1) is 0 Å². The van der Waals surface area contributed by atoms with E-state index in [1.54, 1.807) is 11.8 Å². The Balaban J connectivity index is 1.68. The van der Waals surface area contributed by atoms with Crippen molar-refractivity contribution in [2.75, 3.05) is 32.8 Å². The first-order valence-electron chi connectivity index (χ1n) is 10.5. The van der Waals surface area contributed by atoms with E-state index in [9.17, 15) is 19.2 Å². The van der Waals surface area contributed by atoms with Crippen LogP contribution in [0.4, 0.5) is 4.79 Å². The quantitative estimate of drug-likeness (QED) is 0.396. The Morgan fingerprint density at radius 3 is 2.42 bits per heavy atom. The van der Waals surface area contributed by atoms with Crippen molar-refractivity contribution in [1.82, 2.24) is 9.80 Å². The third-order valence-corrected chi connectivity index (χ3v) is 6.73. The fourth-order valence-corrected chi connectivity index (χ4v) is 4.87. The van der Waals surface area contributed by atoms with Gasteiger partial charge in [0.25, 0.3) is 11.1 Å². The molecule has 0 aliphatic carbocycles. The van der Waals surface area contributed by atoms with Crippen molar-refractivity contribution >= 4 is 64.1 Å². The van der Waals surface area contributed by atoms with Crippen LogP contribution in [0.25, 0.3) is 6.08 Å². The van der Waals surface area contributed by atoms with Crippen LogP contribution < -0.4 is 4.74 Å². The van der Waals surface area contributed by atoms with Gasteiger partial charge in [0.2, 0.25) is 5.91 Å². The summed E-state index contributed by atoms with van der Waals surface area (Å²) >= 11 is 13.2. The second kappa shape index (κ2) is 11.3. The summed E-state index contributed by atoms with van der Waals surface area (Å²) in [7, 11) is 0. The van der Waals surface area contributed by atoms with Gasteiger partial charge in [-0.1, -0.05) is 30.1 Å². The van der Waals surface area contributed by atoms with Crippen molar-refractivity contribution in [2.45, 2.75) is 26.7 Å². The van der Waals surface area contributed by atoms with Gasteiger partial charge in [-0.25, -0.2) is 4.79 Å². The van der Waals surface area contributed by atoms with E-state index in [1.165, 1.54) is 18.2 Å². The Morgan fingerprint density at radius 1 is 1.18 bits per heavy atom. The van der Waals surface area contributed by atoms with Crippen LogP contribution >= 0.6 is 35.0 Å². The number of benzene rings is 1. The number of hydrogen-bond acceptors (Lipinski definition) is 7. The first kappa shape index (κ1) is 25.4. The molecule has 3 rings (SSSR count). The molecule has 0 bridgehead atoms. The predicted octanol–water partition coefficient (Wildman–Crippen LogP) is 4.23. The highest BCUT2D eigenvalue weighted by molar-refractivity contribution is 8.18. The minimum Gasteiger partial charge on any atom is -0.479 e. The topological polar surface area (TPSA) is 93.2 Å². The van der Waals surface area contributed by atoms with Gasteiger partial charge >= 0.3 is 5.97 Å². The number of hydrogen-bond donors (Lipinski definition) is 0. The Morgan fingerprint density at radius 2 is 1.82 bits per heavy atom. The summed E-state index contributed by atoms with van der Waals surface area (Å²) in [6.07, 6.45) is 3.30. The molecule has 2 aliphatic heterocycles. The van der Waals surface area contributed by atoms with Crippen LogP contribution in [0, 0.1) is 5.92 Å². The van der Waals surface area contributed by atoms with Crippen LogP contribution in [-0.4, -0.2) is 65.7 Å². The van der Waals surface area contributed by atoms with Crippen LogP contribution in [-0.2, 0) is 19.1 Å². The van der Waals surface area contributed by atoms with E-state index in [4.69, 9.17) is 32.7 Å². The molecular formula is C22H24Cl2N2O6S. The number of nitrogens with zero attached hydrogens (tertiary/aromatic N) is 2. The van der Waals surface area contributed by atoms with Gasteiger partial charge in [0, 0.05) is 13.1 Å². The zero-order valence-corrected chi connectivity index (χ0v) is 20.6. The molecule has 33 heavy (non-hydrogen) atoms. The fraction of sp³-hybridized carbons (Fsp3) is 0.455. The maximum Gasteiger partial charge on any atom is 0.344 e. The summed E-state index contributed by atoms with van der Waals surface area (Å²) in [5, 5.41) is -0.241. The Kier molecular flexibility index (Phi) is 8.67. The van der Waals surface area contributed by atoms with E-state index in [0.29, 0.717) is 24.6 Å². The molecule has 2 saturated heterocycles. The largest absolute Gasteiger partial charge is 0.479 e.